The Balaban J connectivity index is 2.66. The molecule has 5 nitrogen and oxygen atoms in total. The van der Waals surface area contributed by atoms with Crippen LogP contribution in [0.1, 0.15) is 64.9 Å². The van der Waals surface area contributed by atoms with Crippen LogP contribution >= 0.6 is 0 Å². The van der Waals surface area contributed by atoms with Gasteiger partial charge in [0.1, 0.15) is 0 Å². The molecular weight excluding hydrogens is 328 g/mol. The van der Waals surface area contributed by atoms with Crippen molar-refractivity contribution < 1.29 is 14.4 Å². The Labute approximate surface area is 156 Å². The number of rotatable bonds is 12. The minimum absolute atomic E-state index is 0.155. The lowest BCUT2D eigenvalue weighted by Crippen LogP contribution is -2.48. The number of ketones is 1. The first-order valence-electron chi connectivity index (χ1n) is 9.65. The monoisotopic (exact) mass is 360 g/mol. The fourth-order valence-corrected chi connectivity index (χ4v) is 2.77. The first kappa shape index (κ1) is 21.9. The van der Waals surface area contributed by atoms with Gasteiger partial charge in [0.2, 0.25) is 11.7 Å². The molecule has 0 aliphatic carbocycles. The normalized spacial score (nSPS) is 12.9. The van der Waals surface area contributed by atoms with Gasteiger partial charge < -0.3 is 10.6 Å². The zero-order chi connectivity index (χ0) is 19.4. The number of carbonyl (C=O) groups excluding carboxylic acids is 3. The molecule has 2 atom stereocenters. The number of hydrogen-bond acceptors (Lipinski definition) is 3. The van der Waals surface area contributed by atoms with Crippen molar-refractivity contribution in [2.75, 3.05) is 0 Å². The molecule has 0 radical (unpaired) electrons. The molecule has 2 N–H and O–H groups in total. The maximum absolute atomic E-state index is 12.5. The van der Waals surface area contributed by atoms with Crippen molar-refractivity contribution in [3.05, 3.63) is 35.9 Å². The van der Waals surface area contributed by atoms with E-state index >= 15 is 0 Å². The lowest BCUT2D eigenvalue weighted by atomic mass is 10.0. The van der Waals surface area contributed by atoms with Crippen molar-refractivity contribution in [2.24, 2.45) is 5.92 Å². The van der Waals surface area contributed by atoms with Crippen molar-refractivity contribution in [2.45, 2.75) is 71.9 Å². The Morgan fingerprint density at radius 3 is 2.27 bits per heavy atom. The van der Waals surface area contributed by atoms with Crippen molar-refractivity contribution in [3.63, 3.8) is 0 Å². The van der Waals surface area contributed by atoms with Gasteiger partial charge in [-0.15, -0.1) is 0 Å². The second-order valence-electron chi connectivity index (χ2n) is 6.78. The number of carbonyl (C=O) groups is 3. The third-order valence-corrected chi connectivity index (χ3v) is 4.42. The second kappa shape index (κ2) is 12.2. The summed E-state index contributed by atoms with van der Waals surface area (Å²) >= 11 is 0. The molecule has 0 heterocycles. The van der Waals surface area contributed by atoms with Crippen molar-refractivity contribution in [1.82, 2.24) is 10.6 Å². The van der Waals surface area contributed by atoms with E-state index in [0.29, 0.717) is 13.0 Å². The van der Waals surface area contributed by atoms with Crippen molar-refractivity contribution in [3.8, 4) is 0 Å². The molecule has 26 heavy (non-hydrogen) atoms. The SMILES string of the molecule is CCCCCC(NC(=O)C(C)CCC)C(=O)C(=O)NCc1ccccc1. The average molecular weight is 360 g/mol. The van der Waals surface area contributed by atoms with Crippen LogP contribution < -0.4 is 10.6 Å². The van der Waals surface area contributed by atoms with Gasteiger partial charge >= 0.3 is 0 Å². The lowest BCUT2D eigenvalue weighted by Gasteiger charge is -2.20. The van der Waals surface area contributed by atoms with Crippen LogP contribution in [0, 0.1) is 5.92 Å². The van der Waals surface area contributed by atoms with E-state index in [0.717, 1.165) is 37.7 Å². The Morgan fingerprint density at radius 1 is 0.962 bits per heavy atom. The van der Waals surface area contributed by atoms with E-state index in [9.17, 15) is 14.4 Å². The van der Waals surface area contributed by atoms with Gasteiger partial charge in [0.05, 0.1) is 6.04 Å². The van der Waals surface area contributed by atoms with Crippen LogP contribution in [0.3, 0.4) is 0 Å². The number of unbranched alkanes of at least 4 members (excludes halogenated alkanes) is 2. The molecule has 1 aromatic rings. The summed E-state index contributed by atoms with van der Waals surface area (Å²) < 4.78 is 0. The van der Waals surface area contributed by atoms with Gasteiger partial charge in [0.25, 0.3) is 5.91 Å². The fourth-order valence-electron chi connectivity index (χ4n) is 2.77. The molecule has 0 fully saturated rings. The Morgan fingerprint density at radius 2 is 1.65 bits per heavy atom. The quantitative estimate of drug-likeness (QED) is 0.443. The van der Waals surface area contributed by atoms with Crippen LogP contribution in [0.2, 0.25) is 0 Å². The second-order valence-corrected chi connectivity index (χ2v) is 6.78. The van der Waals surface area contributed by atoms with Gasteiger partial charge in [0.15, 0.2) is 0 Å². The summed E-state index contributed by atoms with van der Waals surface area (Å²) in [5.41, 5.74) is 0.928. The highest BCUT2D eigenvalue weighted by Crippen LogP contribution is 2.09. The molecule has 2 unspecified atom stereocenters. The van der Waals surface area contributed by atoms with E-state index in [1.165, 1.54) is 0 Å². The maximum atomic E-state index is 12.5. The minimum atomic E-state index is -0.746. The molecule has 0 aliphatic heterocycles. The predicted octanol–water partition coefficient (Wildman–Crippen LogP) is 3.37. The molecule has 2 amide bonds. The minimum Gasteiger partial charge on any atom is -0.345 e. The predicted molar refractivity (Wildman–Crippen MR) is 103 cm³/mol. The first-order chi connectivity index (χ1) is 12.5. The van der Waals surface area contributed by atoms with Crippen LogP contribution in [0.4, 0.5) is 0 Å². The fraction of sp³-hybridized carbons (Fsp3) is 0.571. The van der Waals surface area contributed by atoms with E-state index in [4.69, 9.17) is 0 Å². The number of benzene rings is 1. The van der Waals surface area contributed by atoms with Gasteiger partial charge in [-0.3, -0.25) is 14.4 Å². The van der Waals surface area contributed by atoms with Crippen LogP contribution in [0.5, 0.6) is 0 Å². The molecule has 0 aliphatic rings. The molecule has 5 heteroatoms. The summed E-state index contributed by atoms with van der Waals surface area (Å²) in [6.45, 7) is 6.24. The van der Waals surface area contributed by atoms with Gasteiger partial charge in [-0.05, 0) is 18.4 Å². The lowest BCUT2D eigenvalue weighted by molar-refractivity contribution is -0.140. The number of hydrogen-bond donors (Lipinski definition) is 2. The summed E-state index contributed by atoms with van der Waals surface area (Å²) in [4.78, 5) is 37.1. The maximum Gasteiger partial charge on any atom is 0.289 e. The highest BCUT2D eigenvalue weighted by Gasteiger charge is 2.27. The summed E-state index contributed by atoms with van der Waals surface area (Å²) in [5, 5.41) is 5.45. The van der Waals surface area contributed by atoms with Crippen LogP contribution in [0.25, 0.3) is 0 Å². The van der Waals surface area contributed by atoms with Crippen molar-refractivity contribution >= 4 is 17.6 Å². The Bertz CT molecular complexity index is 572. The molecule has 144 valence electrons. The number of Topliss-reactive ketones (excluding diaryl/α,β-unsaturated/α-hetero) is 1. The van der Waals surface area contributed by atoms with Crippen LogP contribution in [-0.2, 0) is 20.9 Å². The van der Waals surface area contributed by atoms with E-state index in [2.05, 4.69) is 17.6 Å². The summed E-state index contributed by atoms with van der Waals surface area (Å²) in [6, 6.07) is 8.69. The zero-order valence-electron chi connectivity index (χ0n) is 16.2. The molecule has 0 aromatic heterocycles. The zero-order valence-corrected chi connectivity index (χ0v) is 16.2. The highest BCUT2D eigenvalue weighted by molar-refractivity contribution is 6.38. The average Bonchev–Trinajstić information content (AvgIpc) is 2.65. The molecule has 0 saturated heterocycles. The molecular formula is C21H32N2O3. The molecule has 1 rings (SSSR count). The third kappa shape index (κ3) is 7.81. The summed E-state index contributed by atoms with van der Waals surface area (Å²) in [7, 11) is 0. The van der Waals surface area contributed by atoms with E-state index in [-0.39, 0.29) is 11.8 Å². The Kier molecular flexibility index (Phi) is 10.3. The van der Waals surface area contributed by atoms with Gasteiger partial charge in [-0.25, -0.2) is 0 Å². The first-order valence-corrected chi connectivity index (χ1v) is 9.65. The van der Waals surface area contributed by atoms with Crippen LogP contribution in [0.15, 0.2) is 30.3 Å². The highest BCUT2D eigenvalue weighted by atomic mass is 16.2. The third-order valence-electron chi connectivity index (χ3n) is 4.42. The standard InChI is InChI=1S/C21H32N2O3/c1-4-6-8-14-18(23-20(25)16(3)11-5-2)19(24)21(26)22-15-17-12-9-7-10-13-17/h7,9-10,12-13,16,18H,4-6,8,11,14-15H2,1-3H3,(H,22,26)(H,23,25). The largest absolute Gasteiger partial charge is 0.345 e. The van der Waals surface area contributed by atoms with Gasteiger partial charge in [0, 0.05) is 12.5 Å². The number of amides is 2. The molecule has 0 saturated carbocycles. The van der Waals surface area contributed by atoms with Crippen LogP contribution in [-0.4, -0.2) is 23.6 Å². The molecule has 0 bridgehead atoms. The molecule has 1 aromatic carbocycles. The Hall–Kier alpha value is -2.17. The number of nitrogens with one attached hydrogen (secondary N) is 2. The summed E-state index contributed by atoms with van der Waals surface area (Å²) in [5.74, 6) is -1.51. The van der Waals surface area contributed by atoms with Gasteiger partial charge in [-0.1, -0.05) is 76.8 Å². The van der Waals surface area contributed by atoms with Gasteiger partial charge in [-0.2, -0.15) is 0 Å². The van der Waals surface area contributed by atoms with E-state index < -0.39 is 17.7 Å². The van der Waals surface area contributed by atoms with E-state index in [1.807, 2.05) is 44.2 Å². The summed E-state index contributed by atoms with van der Waals surface area (Å²) in [6.07, 6.45) is 4.96. The van der Waals surface area contributed by atoms with E-state index in [1.54, 1.807) is 0 Å². The van der Waals surface area contributed by atoms with Crippen molar-refractivity contribution in [1.29, 1.82) is 0 Å². The molecule has 0 spiro atoms. The smallest absolute Gasteiger partial charge is 0.289 e. The topological polar surface area (TPSA) is 75.3 Å².